The molecule has 1 aromatic carbocycles. The Morgan fingerprint density at radius 2 is 2.13 bits per heavy atom. The minimum atomic E-state index is -0.137. The van der Waals surface area contributed by atoms with Crippen molar-refractivity contribution in [2.75, 3.05) is 40.5 Å². The summed E-state index contributed by atoms with van der Waals surface area (Å²) in [6.07, 6.45) is 3.89. The van der Waals surface area contributed by atoms with Gasteiger partial charge in [-0.15, -0.1) is 0 Å². The predicted octanol–water partition coefficient (Wildman–Crippen LogP) is 3.20. The highest BCUT2D eigenvalue weighted by atomic mass is 16.5. The number of carbonyl (C=O) groups is 1. The summed E-state index contributed by atoms with van der Waals surface area (Å²) in [5.74, 6) is 1.67. The monoisotopic (exact) mass is 427 g/mol. The first-order valence-electron chi connectivity index (χ1n) is 10.9. The molecule has 0 saturated carbocycles. The molecule has 2 atom stereocenters. The average molecular weight is 428 g/mol. The summed E-state index contributed by atoms with van der Waals surface area (Å²) in [7, 11) is 3.20. The Labute approximate surface area is 184 Å². The largest absolute Gasteiger partial charge is 0.493 e. The van der Waals surface area contributed by atoms with Gasteiger partial charge in [-0.05, 0) is 62.1 Å². The zero-order chi connectivity index (χ0) is 22.1. The first-order chi connectivity index (χ1) is 15.1. The van der Waals surface area contributed by atoms with E-state index in [0.29, 0.717) is 6.61 Å². The SMILES string of the molecule is CCOc1ccc(CN2CCC[C@@H]([C@@H](NC(=O)COC)c3ccccn3)C2)cc1OC. The van der Waals surface area contributed by atoms with Crippen LogP contribution in [0.2, 0.25) is 0 Å². The number of ether oxygens (including phenoxy) is 3. The topological polar surface area (TPSA) is 72.9 Å². The van der Waals surface area contributed by atoms with E-state index in [0.717, 1.165) is 49.7 Å². The minimum absolute atomic E-state index is 0.0474. The van der Waals surface area contributed by atoms with E-state index in [1.54, 1.807) is 13.3 Å². The lowest BCUT2D eigenvalue weighted by atomic mass is 9.88. The van der Waals surface area contributed by atoms with Crippen molar-refractivity contribution in [1.29, 1.82) is 0 Å². The second-order valence-electron chi connectivity index (χ2n) is 7.79. The standard InChI is InChI=1S/C24H33N3O4/c1-4-31-21-11-10-18(14-22(21)30-3)15-27-13-7-8-19(16-27)24(26-23(28)17-29-2)20-9-5-6-12-25-20/h5-6,9-12,14,19,24H,4,7-8,13,15-17H2,1-3H3,(H,26,28)/t19-,24-/m1/s1. The number of pyridine rings is 1. The predicted molar refractivity (Wildman–Crippen MR) is 119 cm³/mol. The van der Waals surface area contributed by atoms with Gasteiger partial charge >= 0.3 is 0 Å². The van der Waals surface area contributed by atoms with Crippen LogP contribution in [0.5, 0.6) is 11.5 Å². The van der Waals surface area contributed by atoms with E-state index in [4.69, 9.17) is 14.2 Å². The van der Waals surface area contributed by atoms with Crippen molar-refractivity contribution in [2.24, 2.45) is 5.92 Å². The van der Waals surface area contributed by atoms with Gasteiger partial charge in [0, 0.05) is 26.4 Å². The van der Waals surface area contributed by atoms with E-state index < -0.39 is 0 Å². The third kappa shape index (κ3) is 6.42. The number of piperidine rings is 1. The molecule has 1 aromatic heterocycles. The highest BCUT2D eigenvalue weighted by Crippen LogP contribution is 2.32. The van der Waals surface area contributed by atoms with Gasteiger partial charge in [0.05, 0.1) is 25.5 Å². The summed E-state index contributed by atoms with van der Waals surface area (Å²) < 4.78 is 16.1. The Kier molecular flexibility index (Phi) is 8.67. The summed E-state index contributed by atoms with van der Waals surface area (Å²) in [5.41, 5.74) is 2.07. The van der Waals surface area contributed by atoms with Crippen LogP contribution in [-0.2, 0) is 16.1 Å². The van der Waals surface area contributed by atoms with E-state index in [2.05, 4.69) is 21.3 Å². The summed E-state index contributed by atoms with van der Waals surface area (Å²) in [5, 5.41) is 3.14. The number of aromatic nitrogens is 1. The van der Waals surface area contributed by atoms with Gasteiger partial charge in [0.2, 0.25) is 5.91 Å². The number of benzene rings is 1. The Balaban J connectivity index is 1.72. The quantitative estimate of drug-likeness (QED) is 0.628. The number of nitrogens with zero attached hydrogens (tertiary/aromatic N) is 2. The van der Waals surface area contributed by atoms with E-state index in [1.807, 2.05) is 37.3 Å². The van der Waals surface area contributed by atoms with Gasteiger partial charge in [-0.2, -0.15) is 0 Å². The third-order valence-electron chi connectivity index (χ3n) is 5.55. The highest BCUT2D eigenvalue weighted by Gasteiger charge is 2.30. The number of methoxy groups -OCH3 is 2. The van der Waals surface area contributed by atoms with Gasteiger partial charge in [0.1, 0.15) is 6.61 Å². The molecule has 168 valence electrons. The van der Waals surface area contributed by atoms with Crippen molar-refractivity contribution in [2.45, 2.75) is 32.4 Å². The van der Waals surface area contributed by atoms with Crippen molar-refractivity contribution in [1.82, 2.24) is 15.2 Å². The lowest BCUT2D eigenvalue weighted by Crippen LogP contribution is -2.43. The van der Waals surface area contributed by atoms with Gasteiger partial charge in [-0.25, -0.2) is 0 Å². The molecule has 1 N–H and O–H groups in total. The lowest BCUT2D eigenvalue weighted by Gasteiger charge is -2.37. The Morgan fingerprint density at radius 1 is 1.26 bits per heavy atom. The zero-order valence-electron chi connectivity index (χ0n) is 18.7. The second kappa shape index (κ2) is 11.7. The summed E-state index contributed by atoms with van der Waals surface area (Å²) >= 11 is 0. The molecule has 7 heteroatoms. The molecule has 31 heavy (non-hydrogen) atoms. The summed E-state index contributed by atoms with van der Waals surface area (Å²) in [4.78, 5) is 19.2. The van der Waals surface area contributed by atoms with E-state index >= 15 is 0 Å². The molecule has 1 fully saturated rings. The zero-order valence-corrected chi connectivity index (χ0v) is 18.7. The van der Waals surface area contributed by atoms with Gasteiger partial charge < -0.3 is 19.5 Å². The molecule has 0 spiro atoms. The van der Waals surface area contributed by atoms with Crippen molar-refractivity contribution < 1.29 is 19.0 Å². The lowest BCUT2D eigenvalue weighted by molar-refractivity contribution is -0.126. The maximum Gasteiger partial charge on any atom is 0.246 e. The van der Waals surface area contributed by atoms with Crippen LogP contribution in [0.15, 0.2) is 42.6 Å². The molecule has 0 bridgehead atoms. The van der Waals surface area contributed by atoms with Gasteiger partial charge in [-0.1, -0.05) is 12.1 Å². The van der Waals surface area contributed by atoms with Crippen molar-refractivity contribution >= 4 is 5.91 Å². The summed E-state index contributed by atoms with van der Waals surface area (Å²) in [6.45, 7) is 5.33. The number of rotatable bonds is 10. The molecule has 3 rings (SSSR count). The van der Waals surface area contributed by atoms with E-state index in [1.165, 1.54) is 12.7 Å². The van der Waals surface area contributed by atoms with Crippen LogP contribution in [0.3, 0.4) is 0 Å². The first kappa shape index (κ1) is 23.0. The number of hydrogen-bond acceptors (Lipinski definition) is 6. The Hall–Kier alpha value is -2.64. The number of nitrogens with one attached hydrogen (secondary N) is 1. The van der Waals surface area contributed by atoms with Crippen LogP contribution in [0.25, 0.3) is 0 Å². The molecule has 7 nitrogen and oxygen atoms in total. The number of hydrogen-bond donors (Lipinski definition) is 1. The number of carbonyl (C=O) groups excluding carboxylic acids is 1. The fraction of sp³-hybridized carbons (Fsp3) is 0.500. The van der Waals surface area contributed by atoms with Crippen LogP contribution in [0.4, 0.5) is 0 Å². The minimum Gasteiger partial charge on any atom is -0.493 e. The maximum atomic E-state index is 12.3. The average Bonchev–Trinajstić information content (AvgIpc) is 2.79. The maximum absolute atomic E-state index is 12.3. The van der Waals surface area contributed by atoms with Crippen LogP contribution in [0, 0.1) is 5.92 Å². The number of likely N-dealkylation sites (tertiary alicyclic amines) is 1. The van der Waals surface area contributed by atoms with Crippen LogP contribution in [0.1, 0.15) is 37.1 Å². The van der Waals surface area contributed by atoms with E-state index in [-0.39, 0.29) is 24.5 Å². The third-order valence-corrected chi connectivity index (χ3v) is 5.55. The fourth-order valence-electron chi connectivity index (χ4n) is 4.19. The molecule has 1 amide bonds. The second-order valence-corrected chi connectivity index (χ2v) is 7.79. The van der Waals surface area contributed by atoms with Crippen LogP contribution in [-0.4, -0.2) is 56.3 Å². The normalized spacial score (nSPS) is 17.7. The highest BCUT2D eigenvalue weighted by molar-refractivity contribution is 5.77. The van der Waals surface area contributed by atoms with Gasteiger partial charge in [-0.3, -0.25) is 14.7 Å². The number of amides is 1. The van der Waals surface area contributed by atoms with Gasteiger partial charge in [0.25, 0.3) is 0 Å². The van der Waals surface area contributed by atoms with Crippen LogP contribution >= 0.6 is 0 Å². The Morgan fingerprint density at radius 3 is 2.84 bits per heavy atom. The fourth-order valence-corrected chi connectivity index (χ4v) is 4.19. The molecule has 1 saturated heterocycles. The molecular weight excluding hydrogens is 394 g/mol. The van der Waals surface area contributed by atoms with Crippen molar-refractivity contribution in [3.63, 3.8) is 0 Å². The molecule has 0 radical (unpaired) electrons. The molecule has 0 unspecified atom stereocenters. The molecule has 2 heterocycles. The Bertz CT molecular complexity index is 831. The van der Waals surface area contributed by atoms with Crippen molar-refractivity contribution in [3.8, 4) is 11.5 Å². The molecule has 1 aliphatic heterocycles. The first-order valence-corrected chi connectivity index (χ1v) is 10.9. The molecule has 1 aliphatic rings. The summed E-state index contributed by atoms with van der Waals surface area (Å²) in [6, 6.07) is 11.8. The van der Waals surface area contributed by atoms with E-state index in [9.17, 15) is 4.79 Å². The molecule has 2 aromatic rings. The smallest absolute Gasteiger partial charge is 0.246 e. The van der Waals surface area contributed by atoms with Crippen molar-refractivity contribution in [3.05, 3.63) is 53.9 Å². The molecular formula is C24H33N3O4. The molecule has 0 aliphatic carbocycles. The van der Waals surface area contributed by atoms with Gasteiger partial charge in [0.15, 0.2) is 11.5 Å². The van der Waals surface area contributed by atoms with Crippen LogP contribution < -0.4 is 14.8 Å².